The average molecular weight is 296 g/mol. The van der Waals surface area contributed by atoms with Gasteiger partial charge in [0.15, 0.2) is 0 Å². The molecule has 4 heteroatoms. The van der Waals surface area contributed by atoms with Gasteiger partial charge in [0.1, 0.15) is 17.4 Å². The number of nitrogens with zero attached hydrogens (tertiary/aromatic N) is 2. The third-order valence-corrected chi connectivity index (χ3v) is 3.24. The Balaban J connectivity index is 2.55. The zero-order valence-corrected chi connectivity index (χ0v) is 13.2. The number of rotatable bonds is 5. The van der Waals surface area contributed by atoms with Gasteiger partial charge in [-0.05, 0) is 44.5 Å². The summed E-state index contributed by atoms with van der Waals surface area (Å²) in [7, 11) is 0. The second-order valence-corrected chi connectivity index (χ2v) is 5.40. The van der Waals surface area contributed by atoms with Gasteiger partial charge in [-0.25, -0.2) is 0 Å². The highest BCUT2D eigenvalue weighted by atomic mass is 16.5. The predicted molar refractivity (Wildman–Crippen MR) is 86.9 cm³/mol. The number of benzene rings is 1. The van der Waals surface area contributed by atoms with E-state index in [1.54, 1.807) is 10.6 Å². The summed E-state index contributed by atoms with van der Waals surface area (Å²) in [6.45, 7) is 6.54. The Morgan fingerprint density at radius 3 is 2.68 bits per heavy atom. The molecular weight excluding hydrogens is 276 g/mol. The molecule has 0 unspecified atom stereocenters. The van der Waals surface area contributed by atoms with E-state index in [0.29, 0.717) is 6.54 Å². The Kier molecular flexibility index (Phi) is 5.00. The maximum atomic E-state index is 12.4. The summed E-state index contributed by atoms with van der Waals surface area (Å²) in [5, 5.41) is 9.03. The zero-order chi connectivity index (χ0) is 16.1. The van der Waals surface area contributed by atoms with E-state index in [9.17, 15) is 4.79 Å². The van der Waals surface area contributed by atoms with E-state index in [-0.39, 0.29) is 17.2 Å². The van der Waals surface area contributed by atoms with Crippen molar-refractivity contribution < 1.29 is 4.74 Å². The molecule has 0 aliphatic rings. The van der Waals surface area contributed by atoms with Crippen LogP contribution in [-0.2, 0) is 6.54 Å². The normalized spacial score (nSPS) is 10.5. The van der Waals surface area contributed by atoms with E-state index >= 15 is 0 Å². The van der Waals surface area contributed by atoms with Crippen molar-refractivity contribution in [1.29, 1.82) is 5.26 Å². The summed E-state index contributed by atoms with van der Waals surface area (Å²) in [6.07, 6.45) is 0.915. The van der Waals surface area contributed by atoms with Gasteiger partial charge in [-0.2, -0.15) is 5.26 Å². The lowest BCUT2D eigenvalue weighted by molar-refractivity contribution is 0.242. The third-order valence-electron chi connectivity index (χ3n) is 3.24. The smallest absolute Gasteiger partial charge is 0.268 e. The summed E-state index contributed by atoms with van der Waals surface area (Å²) < 4.78 is 7.37. The molecular formula is C18H20N2O2. The van der Waals surface area contributed by atoms with Crippen molar-refractivity contribution in [2.45, 2.75) is 39.8 Å². The molecule has 0 fully saturated rings. The molecule has 1 aromatic carbocycles. The van der Waals surface area contributed by atoms with Crippen LogP contribution in [0.4, 0.5) is 0 Å². The zero-order valence-electron chi connectivity index (χ0n) is 13.2. The molecule has 0 atom stereocenters. The lowest BCUT2D eigenvalue weighted by Gasteiger charge is -2.15. The van der Waals surface area contributed by atoms with E-state index < -0.39 is 0 Å². The lowest BCUT2D eigenvalue weighted by atomic mass is 10.1. The van der Waals surface area contributed by atoms with E-state index in [1.807, 2.05) is 57.2 Å². The molecule has 0 amide bonds. The first-order chi connectivity index (χ1) is 10.6. The van der Waals surface area contributed by atoms with Crippen LogP contribution in [0.3, 0.4) is 0 Å². The van der Waals surface area contributed by atoms with Gasteiger partial charge < -0.3 is 9.30 Å². The second kappa shape index (κ2) is 6.95. The van der Waals surface area contributed by atoms with Gasteiger partial charge in [-0.15, -0.1) is 0 Å². The molecule has 0 saturated heterocycles. The first-order valence-electron chi connectivity index (χ1n) is 7.47. The Hall–Kier alpha value is -2.54. The molecule has 2 rings (SSSR count). The van der Waals surface area contributed by atoms with Crippen molar-refractivity contribution in [3.05, 3.63) is 52.3 Å². The summed E-state index contributed by atoms with van der Waals surface area (Å²) in [5.74, 6) is 0.771. The number of pyridine rings is 1. The third kappa shape index (κ3) is 3.37. The topological polar surface area (TPSA) is 55.0 Å². The molecule has 0 saturated carbocycles. The second-order valence-electron chi connectivity index (χ2n) is 5.40. The fraction of sp³-hybridized carbons (Fsp3) is 0.333. The van der Waals surface area contributed by atoms with Crippen LogP contribution < -0.4 is 10.3 Å². The van der Waals surface area contributed by atoms with Crippen LogP contribution in [0, 0.1) is 11.3 Å². The van der Waals surface area contributed by atoms with Crippen LogP contribution >= 0.6 is 0 Å². The molecule has 0 radical (unpaired) electrons. The van der Waals surface area contributed by atoms with Crippen LogP contribution in [0.5, 0.6) is 5.75 Å². The highest BCUT2D eigenvalue weighted by molar-refractivity contribution is 5.62. The lowest BCUT2D eigenvalue weighted by Crippen LogP contribution is -2.23. The van der Waals surface area contributed by atoms with Crippen molar-refractivity contribution in [3.8, 4) is 23.1 Å². The van der Waals surface area contributed by atoms with E-state index in [1.165, 1.54) is 0 Å². The number of aromatic nitrogens is 1. The highest BCUT2D eigenvalue weighted by Crippen LogP contribution is 2.24. The molecule has 0 N–H and O–H groups in total. The molecule has 2 aromatic rings. The molecule has 4 nitrogen and oxygen atoms in total. The summed E-state index contributed by atoms with van der Waals surface area (Å²) in [4.78, 5) is 12.4. The Labute approximate surface area is 130 Å². The van der Waals surface area contributed by atoms with Gasteiger partial charge in [0, 0.05) is 12.1 Å². The molecule has 0 aliphatic heterocycles. The summed E-state index contributed by atoms with van der Waals surface area (Å²) in [5.41, 5.74) is 1.65. The van der Waals surface area contributed by atoms with E-state index in [4.69, 9.17) is 10.00 Å². The average Bonchev–Trinajstić information content (AvgIpc) is 2.49. The van der Waals surface area contributed by atoms with Gasteiger partial charge in [0.2, 0.25) is 0 Å². The maximum Gasteiger partial charge on any atom is 0.268 e. The number of nitriles is 1. The molecule has 0 aliphatic carbocycles. The van der Waals surface area contributed by atoms with Crippen molar-refractivity contribution in [3.63, 3.8) is 0 Å². The van der Waals surface area contributed by atoms with Crippen molar-refractivity contribution in [1.82, 2.24) is 4.57 Å². The van der Waals surface area contributed by atoms with Gasteiger partial charge in [0.25, 0.3) is 5.56 Å². The van der Waals surface area contributed by atoms with Crippen molar-refractivity contribution >= 4 is 0 Å². The minimum Gasteiger partial charge on any atom is -0.491 e. The molecule has 1 aromatic heterocycles. The van der Waals surface area contributed by atoms with Gasteiger partial charge in [0.05, 0.1) is 11.8 Å². The Morgan fingerprint density at radius 1 is 1.27 bits per heavy atom. The van der Waals surface area contributed by atoms with Gasteiger partial charge >= 0.3 is 0 Å². The highest BCUT2D eigenvalue weighted by Gasteiger charge is 2.10. The molecule has 0 spiro atoms. The Bertz CT molecular complexity index is 754. The van der Waals surface area contributed by atoms with Crippen LogP contribution in [0.25, 0.3) is 11.3 Å². The number of hydrogen-bond acceptors (Lipinski definition) is 3. The summed E-state index contributed by atoms with van der Waals surface area (Å²) in [6, 6.07) is 13.0. The molecule has 1 heterocycles. The fourth-order valence-corrected chi connectivity index (χ4v) is 2.36. The molecule has 22 heavy (non-hydrogen) atoms. The van der Waals surface area contributed by atoms with Crippen LogP contribution in [0.1, 0.15) is 32.8 Å². The first-order valence-corrected chi connectivity index (χ1v) is 7.47. The van der Waals surface area contributed by atoms with Crippen LogP contribution in [-0.4, -0.2) is 10.7 Å². The van der Waals surface area contributed by atoms with Crippen LogP contribution in [0.2, 0.25) is 0 Å². The molecule has 114 valence electrons. The minimum absolute atomic E-state index is 0.0917. The fourth-order valence-electron chi connectivity index (χ4n) is 2.36. The predicted octanol–water partition coefficient (Wildman–Crippen LogP) is 3.58. The number of ether oxygens (including phenoxy) is 1. The first kappa shape index (κ1) is 15.8. The number of hydrogen-bond donors (Lipinski definition) is 0. The standard InChI is InChI=1S/C18H20N2O2/c1-4-10-20-17(9-8-15(12-19)18(20)21)14-6-5-7-16(11-14)22-13(2)3/h5-9,11,13H,4,10H2,1-3H3. The van der Waals surface area contributed by atoms with E-state index in [0.717, 1.165) is 23.4 Å². The van der Waals surface area contributed by atoms with Gasteiger partial charge in [-0.1, -0.05) is 19.1 Å². The van der Waals surface area contributed by atoms with Crippen molar-refractivity contribution in [2.75, 3.05) is 0 Å². The maximum absolute atomic E-state index is 12.4. The largest absolute Gasteiger partial charge is 0.491 e. The quantitative estimate of drug-likeness (QED) is 0.847. The van der Waals surface area contributed by atoms with E-state index in [2.05, 4.69) is 0 Å². The molecule has 0 bridgehead atoms. The minimum atomic E-state index is -0.239. The SMILES string of the molecule is CCCn1c(-c2cccc(OC(C)C)c2)ccc(C#N)c1=O. The Morgan fingerprint density at radius 2 is 2.05 bits per heavy atom. The van der Waals surface area contributed by atoms with Crippen LogP contribution in [0.15, 0.2) is 41.2 Å². The summed E-state index contributed by atoms with van der Waals surface area (Å²) >= 11 is 0. The van der Waals surface area contributed by atoms with Gasteiger partial charge in [-0.3, -0.25) is 4.79 Å². The monoisotopic (exact) mass is 296 g/mol. The van der Waals surface area contributed by atoms with Crippen molar-refractivity contribution in [2.24, 2.45) is 0 Å².